The molecule has 2 amide bonds. The number of hydrogen-bond acceptors (Lipinski definition) is 5. The lowest BCUT2D eigenvalue weighted by atomic mass is 10.0. The van der Waals surface area contributed by atoms with Gasteiger partial charge in [0.25, 0.3) is 0 Å². The Morgan fingerprint density at radius 2 is 1.65 bits per heavy atom. The van der Waals surface area contributed by atoms with Crippen molar-refractivity contribution in [1.29, 1.82) is 0 Å². The zero-order valence-electron chi connectivity index (χ0n) is 24.8. The van der Waals surface area contributed by atoms with Gasteiger partial charge in [0.1, 0.15) is 11.8 Å². The predicted molar refractivity (Wildman–Crippen MR) is 163 cm³/mol. The number of nitrogens with one attached hydrogen (secondary N) is 1. The number of sulfonamides is 1. The molecule has 0 saturated carbocycles. The van der Waals surface area contributed by atoms with Gasteiger partial charge in [0.2, 0.25) is 21.8 Å². The number of hydrogen-bond donors (Lipinski definition) is 1. The maximum atomic E-state index is 13.9. The van der Waals surface area contributed by atoms with E-state index in [1.165, 1.54) is 11.0 Å². The summed E-state index contributed by atoms with van der Waals surface area (Å²) in [7, 11) is -2.32. The van der Waals surface area contributed by atoms with Gasteiger partial charge in [-0.1, -0.05) is 55.8 Å². The summed E-state index contributed by atoms with van der Waals surface area (Å²) in [6, 6.07) is 18.6. The molecule has 0 fully saturated rings. The number of methoxy groups -OCH3 is 1. The second-order valence-corrected chi connectivity index (χ2v) is 12.2. The van der Waals surface area contributed by atoms with Crippen LogP contribution in [0, 0.1) is 11.6 Å². The predicted octanol–water partition coefficient (Wildman–Crippen LogP) is 5.08. The Hall–Kier alpha value is -3.99. The van der Waals surface area contributed by atoms with E-state index < -0.39 is 27.7 Å². The average molecular weight is 616 g/mol. The first kappa shape index (κ1) is 33.5. The van der Waals surface area contributed by atoms with Crippen molar-refractivity contribution in [2.75, 3.05) is 30.8 Å². The lowest BCUT2D eigenvalue weighted by molar-refractivity contribution is -0.141. The number of amides is 2. The van der Waals surface area contributed by atoms with Crippen LogP contribution in [0.5, 0.6) is 5.75 Å². The van der Waals surface area contributed by atoms with Crippen LogP contribution in [0.1, 0.15) is 43.7 Å². The monoisotopic (exact) mass is 615 g/mol. The molecule has 0 aliphatic carbocycles. The molecule has 0 aliphatic heterocycles. The zero-order chi connectivity index (χ0) is 31.4. The third kappa shape index (κ3) is 10.1. The topological polar surface area (TPSA) is 96.0 Å². The smallest absolute Gasteiger partial charge is 0.243 e. The maximum Gasteiger partial charge on any atom is 0.243 e. The van der Waals surface area contributed by atoms with Gasteiger partial charge in [-0.05, 0) is 48.2 Å². The molecule has 8 nitrogen and oxygen atoms in total. The highest BCUT2D eigenvalue weighted by molar-refractivity contribution is 7.92. The van der Waals surface area contributed by atoms with Crippen LogP contribution in [0.25, 0.3) is 0 Å². The molecule has 0 aromatic heterocycles. The average Bonchev–Trinajstić information content (AvgIpc) is 2.98. The third-order valence-corrected chi connectivity index (χ3v) is 8.13. The molecule has 3 rings (SSSR count). The van der Waals surface area contributed by atoms with Crippen LogP contribution < -0.4 is 14.4 Å². The molecular formula is C32H39F2N3O5S. The van der Waals surface area contributed by atoms with Gasteiger partial charge in [0, 0.05) is 38.5 Å². The number of benzene rings is 3. The van der Waals surface area contributed by atoms with Gasteiger partial charge in [0.05, 0.1) is 19.1 Å². The Morgan fingerprint density at radius 1 is 0.930 bits per heavy atom. The fraction of sp³-hybridized carbons (Fsp3) is 0.375. The van der Waals surface area contributed by atoms with E-state index in [9.17, 15) is 26.8 Å². The van der Waals surface area contributed by atoms with Crippen LogP contribution in [-0.4, -0.2) is 57.6 Å². The Balaban J connectivity index is 1.89. The van der Waals surface area contributed by atoms with Crippen molar-refractivity contribution >= 4 is 27.5 Å². The van der Waals surface area contributed by atoms with Crippen LogP contribution in [-0.2, 0) is 32.6 Å². The Labute approximate surface area is 252 Å². The van der Waals surface area contributed by atoms with E-state index in [0.717, 1.165) is 46.7 Å². The molecule has 43 heavy (non-hydrogen) atoms. The molecule has 0 radical (unpaired) electrons. The van der Waals surface area contributed by atoms with E-state index in [4.69, 9.17) is 4.74 Å². The van der Waals surface area contributed by atoms with Crippen molar-refractivity contribution in [2.24, 2.45) is 0 Å². The van der Waals surface area contributed by atoms with Gasteiger partial charge in [-0.25, -0.2) is 17.2 Å². The number of carbonyl (C=O) groups is 2. The van der Waals surface area contributed by atoms with Gasteiger partial charge in [-0.3, -0.25) is 13.9 Å². The SMILES string of the molecule is CCCCNC(=O)[C@H](Cc1ccccc1)N(Cc1cccc(OC)c1)C(=O)CCCN(c1ccc(F)c(F)c1)S(C)(=O)=O. The summed E-state index contributed by atoms with van der Waals surface area (Å²) < 4.78 is 58.7. The first-order chi connectivity index (χ1) is 20.5. The van der Waals surface area contributed by atoms with Crippen LogP contribution in [0.2, 0.25) is 0 Å². The molecule has 3 aromatic carbocycles. The fourth-order valence-electron chi connectivity index (χ4n) is 4.67. The lowest BCUT2D eigenvalue weighted by Gasteiger charge is -2.32. The standard InChI is InChI=1S/C32H39F2N3O5S/c1-4-5-18-35-32(39)30(21-24-11-7-6-8-12-24)36(23-25-13-9-14-27(20-25)42-2)31(38)15-10-19-37(43(3,40)41)26-16-17-28(33)29(34)22-26/h6-9,11-14,16-17,20,22,30H,4-5,10,15,18-19,21,23H2,1-3H3,(H,35,39)/t30-/m0/s1. The molecule has 0 unspecified atom stereocenters. The molecule has 3 aromatic rings. The minimum atomic E-state index is -3.86. The number of unbranched alkanes of at least 4 members (excludes halogenated alkanes) is 1. The van der Waals surface area contributed by atoms with Crippen molar-refractivity contribution < 1.29 is 31.5 Å². The summed E-state index contributed by atoms with van der Waals surface area (Å²) in [4.78, 5) is 28.9. The summed E-state index contributed by atoms with van der Waals surface area (Å²) in [6.45, 7) is 2.47. The molecule has 0 aliphatic rings. The minimum absolute atomic E-state index is 0.0423. The highest BCUT2D eigenvalue weighted by Crippen LogP contribution is 2.23. The summed E-state index contributed by atoms with van der Waals surface area (Å²) in [5, 5.41) is 2.96. The Kier molecular flexibility index (Phi) is 12.5. The molecular weight excluding hydrogens is 576 g/mol. The number of ether oxygens (including phenoxy) is 1. The molecule has 0 spiro atoms. The van der Waals surface area contributed by atoms with Gasteiger partial charge in [0.15, 0.2) is 11.6 Å². The molecule has 232 valence electrons. The second kappa shape index (κ2) is 16.0. The normalized spacial score (nSPS) is 11.9. The molecule has 1 N–H and O–H groups in total. The fourth-order valence-corrected chi connectivity index (χ4v) is 5.63. The van der Waals surface area contributed by atoms with Crippen LogP contribution in [0.15, 0.2) is 72.8 Å². The van der Waals surface area contributed by atoms with Crippen molar-refractivity contribution in [1.82, 2.24) is 10.2 Å². The first-order valence-corrected chi connectivity index (χ1v) is 16.0. The van der Waals surface area contributed by atoms with Crippen molar-refractivity contribution in [3.05, 3.63) is 95.6 Å². The highest BCUT2D eigenvalue weighted by Gasteiger charge is 2.30. The first-order valence-electron chi connectivity index (χ1n) is 14.2. The summed E-state index contributed by atoms with van der Waals surface area (Å²) in [6.07, 6.45) is 2.91. The number of nitrogens with zero attached hydrogens (tertiary/aromatic N) is 2. The summed E-state index contributed by atoms with van der Waals surface area (Å²) in [5.41, 5.74) is 1.59. The minimum Gasteiger partial charge on any atom is -0.497 e. The molecule has 11 heteroatoms. The number of rotatable bonds is 16. The highest BCUT2D eigenvalue weighted by atomic mass is 32.2. The number of carbonyl (C=O) groups excluding carboxylic acids is 2. The quantitative estimate of drug-likeness (QED) is 0.227. The second-order valence-electron chi connectivity index (χ2n) is 10.3. The van der Waals surface area contributed by atoms with E-state index in [-0.39, 0.29) is 49.9 Å². The van der Waals surface area contributed by atoms with E-state index in [2.05, 4.69) is 5.32 Å². The van der Waals surface area contributed by atoms with Crippen LogP contribution >= 0.6 is 0 Å². The van der Waals surface area contributed by atoms with Gasteiger partial charge >= 0.3 is 0 Å². The Bertz CT molecular complexity index is 1470. The van der Waals surface area contributed by atoms with Crippen molar-refractivity contribution in [2.45, 2.75) is 51.6 Å². The third-order valence-electron chi connectivity index (χ3n) is 6.93. The van der Waals surface area contributed by atoms with E-state index in [0.29, 0.717) is 12.3 Å². The van der Waals surface area contributed by atoms with Crippen molar-refractivity contribution in [3.63, 3.8) is 0 Å². The van der Waals surface area contributed by atoms with Gasteiger partial charge in [-0.2, -0.15) is 0 Å². The van der Waals surface area contributed by atoms with E-state index in [1.807, 2.05) is 43.3 Å². The Morgan fingerprint density at radius 3 is 2.30 bits per heavy atom. The molecule has 0 heterocycles. The molecule has 1 atom stereocenters. The molecule has 0 saturated heterocycles. The van der Waals surface area contributed by atoms with Crippen molar-refractivity contribution in [3.8, 4) is 5.75 Å². The van der Waals surface area contributed by atoms with Gasteiger partial charge < -0.3 is 15.0 Å². The van der Waals surface area contributed by atoms with Crippen LogP contribution in [0.3, 0.4) is 0 Å². The van der Waals surface area contributed by atoms with E-state index >= 15 is 0 Å². The number of halogens is 2. The largest absolute Gasteiger partial charge is 0.497 e. The summed E-state index contributed by atoms with van der Waals surface area (Å²) >= 11 is 0. The lowest BCUT2D eigenvalue weighted by Crippen LogP contribution is -2.50. The van der Waals surface area contributed by atoms with E-state index in [1.54, 1.807) is 25.3 Å². The van der Waals surface area contributed by atoms with Crippen LogP contribution in [0.4, 0.5) is 14.5 Å². The molecule has 0 bridgehead atoms. The number of anilines is 1. The maximum absolute atomic E-state index is 13.9. The van der Waals surface area contributed by atoms with Gasteiger partial charge in [-0.15, -0.1) is 0 Å². The zero-order valence-corrected chi connectivity index (χ0v) is 25.6. The summed E-state index contributed by atoms with van der Waals surface area (Å²) in [5.74, 6) is -2.31.